The summed E-state index contributed by atoms with van der Waals surface area (Å²) in [6.07, 6.45) is 5.11. The van der Waals surface area contributed by atoms with E-state index in [0.29, 0.717) is 32.4 Å². The van der Waals surface area contributed by atoms with Crippen LogP contribution < -0.4 is 0 Å². The Morgan fingerprint density at radius 2 is 1.78 bits per heavy atom. The molecule has 1 spiro atoms. The standard InChI is InChI=1S/C36H52BrN3O5/c1-9-17-38(18-10-2)31(42)27-28-32(43)40(25(22-41)20-24-15-13-12-14-16-24)30(36(28)21-26(37)29(27)45-36)33(44)39(19-11-3)35(7,8)23-34(4,5)6/h9,11-16,25-30,41H,1,3,10,17-23H2,2,4-8H3/t25-,26?,27+,28+,29+,30?,36?/m1/s1. The molecule has 7 atom stereocenters. The van der Waals surface area contributed by atoms with Crippen LogP contribution in [0.15, 0.2) is 55.6 Å². The number of likely N-dealkylation sites (tertiary alicyclic amines) is 1. The van der Waals surface area contributed by atoms with Crippen LogP contribution >= 0.6 is 15.9 Å². The quantitative estimate of drug-likeness (QED) is 0.220. The van der Waals surface area contributed by atoms with Crippen molar-refractivity contribution in [1.82, 2.24) is 14.7 Å². The van der Waals surface area contributed by atoms with Gasteiger partial charge in [-0.25, -0.2) is 0 Å². The molecular formula is C36H52BrN3O5. The Morgan fingerprint density at radius 3 is 2.33 bits per heavy atom. The van der Waals surface area contributed by atoms with E-state index in [1.807, 2.05) is 56.0 Å². The number of aliphatic hydroxyl groups excluding tert-OH is 1. The van der Waals surface area contributed by atoms with Gasteiger partial charge in [0, 0.05) is 30.0 Å². The van der Waals surface area contributed by atoms with Crippen molar-refractivity contribution >= 4 is 33.7 Å². The summed E-state index contributed by atoms with van der Waals surface area (Å²) < 4.78 is 6.82. The maximum Gasteiger partial charge on any atom is 0.249 e. The highest BCUT2D eigenvalue weighted by Gasteiger charge is 2.77. The first-order valence-corrected chi connectivity index (χ1v) is 17.2. The first kappa shape index (κ1) is 35.4. The first-order valence-electron chi connectivity index (χ1n) is 16.3. The average molecular weight is 687 g/mol. The van der Waals surface area contributed by atoms with E-state index in [2.05, 4.69) is 49.9 Å². The fourth-order valence-electron chi connectivity index (χ4n) is 8.39. The molecule has 1 aromatic carbocycles. The van der Waals surface area contributed by atoms with Crippen LogP contribution in [-0.4, -0.2) is 97.9 Å². The van der Waals surface area contributed by atoms with E-state index < -0.39 is 41.2 Å². The summed E-state index contributed by atoms with van der Waals surface area (Å²) in [6, 6.07) is 7.97. The van der Waals surface area contributed by atoms with Crippen molar-refractivity contribution in [3.05, 3.63) is 61.2 Å². The van der Waals surface area contributed by atoms with Gasteiger partial charge in [0.1, 0.15) is 11.6 Å². The largest absolute Gasteiger partial charge is 0.394 e. The second-order valence-electron chi connectivity index (χ2n) is 14.8. The Kier molecular flexibility index (Phi) is 10.8. The number of amides is 3. The van der Waals surface area contributed by atoms with Crippen LogP contribution in [0.1, 0.15) is 66.4 Å². The molecule has 45 heavy (non-hydrogen) atoms. The molecule has 8 nitrogen and oxygen atoms in total. The number of hydrogen-bond acceptors (Lipinski definition) is 5. The van der Waals surface area contributed by atoms with Crippen molar-refractivity contribution in [2.45, 2.75) is 101 Å². The second-order valence-corrected chi connectivity index (χ2v) is 16.0. The molecule has 3 aliphatic heterocycles. The van der Waals surface area contributed by atoms with Gasteiger partial charge in [-0.2, -0.15) is 0 Å². The number of fused-ring (bicyclic) bond motifs is 1. The van der Waals surface area contributed by atoms with Crippen LogP contribution in [0, 0.1) is 17.3 Å². The number of alkyl halides is 1. The van der Waals surface area contributed by atoms with Gasteiger partial charge in [0.2, 0.25) is 17.7 Å². The van der Waals surface area contributed by atoms with E-state index in [9.17, 15) is 14.7 Å². The Bertz CT molecular complexity index is 1260. The summed E-state index contributed by atoms with van der Waals surface area (Å²) in [6.45, 7) is 21.2. The molecule has 3 amide bonds. The molecular weight excluding hydrogens is 634 g/mol. The first-order chi connectivity index (χ1) is 21.2. The smallest absolute Gasteiger partial charge is 0.249 e. The van der Waals surface area contributed by atoms with Crippen LogP contribution in [0.2, 0.25) is 0 Å². The lowest BCUT2D eigenvalue weighted by Crippen LogP contribution is -2.63. The van der Waals surface area contributed by atoms with Gasteiger partial charge in [-0.3, -0.25) is 14.4 Å². The molecule has 4 rings (SSSR count). The molecule has 1 aromatic rings. The molecule has 3 aliphatic rings. The fraction of sp³-hybridized carbons (Fsp3) is 0.639. The molecule has 9 heteroatoms. The zero-order chi connectivity index (χ0) is 33.3. The average Bonchev–Trinajstić information content (AvgIpc) is 3.56. The molecule has 3 saturated heterocycles. The van der Waals surface area contributed by atoms with Gasteiger partial charge in [-0.05, 0) is 50.5 Å². The molecule has 2 bridgehead atoms. The second kappa shape index (κ2) is 13.7. The number of nitrogens with zero attached hydrogens (tertiary/aromatic N) is 3. The third kappa shape index (κ3) is 6.68. The molecule has 0 saturated carbocycles. The van der Waals surface area contributed by atoms with E-state index in [1.54, 1.807) is 22.0 Å². The van der Waals surface area contributed by atoms with E-state index in [-0.39, 0.29) is 41.1 Å². The van der Waals surface area contributed by atoms with Crippen molar-refractivity contribution < 1.29 is 24.2 Å². The molecule has 0 aliphatic carbocycles. The van der Waals surface area contributed by atoms with Gasteiger partial charge < -0.3 is 24.5 Å². The minimum Gasteiger partial charge on any atom is -0.394 e. The summed E-state index contributed by atoms with van der Waals surface area (Å²) in [5.74, 6) is -2.29. The molecule has 1 N–H and O–H groups in total. The summed E-state index contributed by atoms with van der Waals surface area (Å²) in [4.78, 5) is 49.2. The SMILES string of the molecule is C=CCN(CCC)C(=O)[C@H]1[C@H]2C(=O)N([C@@H](CO)Cc3ccccc3)C(C(=O)N(CC=C)C(C)(C)CC(C)(C)C)C23CC(Br)[C@@H]1O3. The normalized spacial score (nSPS) is 28.1. The Balaban J connectivity index is 1.86. The van der Waals surface area contributed by atoms with Crippen molar-refractivity contribution in [3.8, 4) is 0 Å². The molecule has 3 fully saturated rings. The predicted molar refractivity (Wildman–Crippen MR) is 181 cm³/mol. The van der Waals surface area contributed by atoms with Crippen LogP contribution in [0.3, 0.4) is 0 Å². The number of carbonyl (C=O) groups excluding carboxylic acids is 3. The van der Waals surface area contributed by atoms with Crippen molar-refractivity contribution in [2.75, 3.05) is 26.2 Å². The highest BCUT2D eigenvalue weighted by atomic mass is 79.9. The van der Waals surface area contributed by atoms with Crippen molar-refractivity contribution in [1.29, 1.82) is 0 Å². The van der Waals surface area contributed by atoms with Gasteiger partial charge in [0.15, 0.2) is 0 Å². The molecule has 0 aromatic heterocycles. The number of rotatable bonds is 14. The lowest BCUT2D eigenvalue weighted by molar-refractivity contribution is -0.155. The molecule has 3 unspecified atom stereocenters. The van der Waals surface area contributed by atoms with Crippen molar-refractivity contribution in [2.24, 2.45) is 17.3 Å². The number of carbonyl (C=O) groups is 3. The summed E-state index contributed by atoms with van der Waals surface area (Å²) in [5, 5.41) is 10.8. The highest BCUT2D eigenvalue weighted by Crippen LogP contribution is 2.61. The van der Waals surface area contributed by atoms with Crippen LogP contribution in [0.25, 0.3) is 0 Å². The van der Waals surface area contributed by atoms with Gasteiger partial charge >= 0.3 is 0 Å². The number of benzene rings is 1. The zero-order valence-corrected chi connectivity index (χ0v) is 29.5. The predicted octanol–water partition coefficient (Wildman–Crippen LogP) is 4.99. The van der Waals surface area contributed by atoms with Crippen LogP contribution in [-0.2, 0) is 25.5 Å². The summed E-state index contributed by atoms with van der Waals surface area (Å²) >= 11 is 3.80. The zero-order valence-electron chi connectivity index (χ0n) is 27.9. The molecule has 0 radical (unpaired) electrons. The van der Waals surface area contributed by atoms with Gasteiger partial charge in [0.25, 0.3) is 0 Å². The number of ether oxygens (including phenoxy) is 1. The minimum absolute atomic E-state index is 0.0786. The third-order valence-corrected chi connectivity index (χ3v) is 10.4. The van der Waals surface area contributed by atoms with Crippen LogP contribution in [0.4, 0.5) is 0 Å². The number of hydrogen-bond donors (Lipinski definition) is 1. The van der Waals surface area contributed by atoms with Gasteiger partial charge in [-0.1, -0.05) is 86.1 Å². The maximum absolute atomic E-state index is 15.1. The van der Waals surface area contributed by atoms with Crippen LogP contribution in [0.5, 0.6) is 0 Å². The fourth-order valence-corrected chi connectivity index (χ4v) is 9.34. The van der Waals surface area contributed by atoms with E-state index in [4.69, 9.17) is 4.74 Å². The summed E-state index contributed by atoms with van der Waals surface area (Å²) in [7, 11) is 0. The van der Waals surface area contributed by atoms with E-state index >= 15 is 4.79 Å². The monoisotopic (exact) mass is 685 g/mol. The number of halogens is 1. The van der Waals surface area contributed by atoms with Crippen molar-refractivity contribution in [3.63, 3.8) is 0 Å². The maximum atomic E-state index is 15.1. The Hall–Kier alpha value is -2.49. The third-order valence-electron chi connectivity index (χ3n) is 9.59. The highest BCUT2D eigenvalue weighted by molar-refractivity contribution is 9.09. The topological polar surface area (TPSA) is 90.4 Å². The minimum atomic E-state index is -1.22. The van der Waals surface area contributed by atoms with Gasteiger partial charge in [-0.15, -0.1) is 13.2 Å². The van der Waals surface area contributed by atoms with E-state index in [1.165, 1.54) is 0 Å². The number of aliphatic hydroxyl groups is 1. The molecule has 3 heterocycles. The molecule has 248 valence electrons. The summed E-state index contributed by atoms with van der Waals surface area (Å²) in [5.41, 5.74) is -0.939. The van der Waals surface area contributed by atoms with E-state index in [0.717, 1.165) is 12.0 Å². The Morgan fingerprint density at radius 1 is 1.13 bits per heavy atom. The Labute approximate surface area is 278 Å². The van der Waals surface area contributed by atoms with Gasteiger partial charge in [0.05, 0.1) is 30.6 Å². The lowest BCUT2D eigenvalue weighted by Gasteiger charge is -2.46. The lowest BCUT2D eigenvalue weighted by atomic mass is 9.70.